The molecule has 1 rings (SSSR count). The van der Waals surface area contributed by atoms with Crippen LogP contribution in [0, 0.1) is 0 Å². The van der Waals surface area contributed by atoms with E-state index in [0.29, 0.717) is 0 Å². The highest BCUT2D eigenvalue weighted by Gasteiger charge is 2.20. The van der Waals surface area contributed by atoms with Crippen LogP contribution in [0.15, 0.2) is 33.2 Å². The van der Waals surface area contributed by atoms with Gasteiger partial charge in [-0.1, -0.05) is 15.9 Å². The molecule has 0 atom stereocenters. The zero-order valence-electron chi connectivity index (χ0n) is 9.09. The number of hydrogen-bond acceptors (Lipinski definition) is 1. The average molecular weight is 317 g/mol. The van der Waals surface area contributed by atoms with Crippen LogP contribution in [0.4, 0.5) is 17.3 Å². The maximum Gasteiger partial charge on any atom is 0.673 e. The minimum Gasteiger partial charge on any atom is -0.488 e. The summed E-state index contributed by atoms with van der Waals surface area (Å²) in [6.45, 7) is 0. The monoisotopic (exact) mass is 316 g/mol. The molecule has 0 aliphatic rings. The van der Waals surface area contributed by atoms with Gasteiger partial charge in [-0.2, -0.15) is 0 Å². The highest BCUT2D eigenvalue weighted by molar-refractivity contribution is 9.10. The van der Waals surface area contributed by atoms with Crippen LogP contribution in [0.1, 0.15) is 0 Å². The third-order valence-electron chi connectivity index (χ3n) is 1.47. The molecule has 0 saturated heterocycles. The first-order chi connectivity index (χ1) is 7.77. The van der Waals surface area contributed by atoms with Gasteiger partial charge in [-0.15, -0.1) is 0 Å². The molecule has 1 aromatic rings. The second kappa shape index (κ2) is 7.31. The van der Waals surface area contributed by atoms with Crippen molar-refractivity contribution in [3.05, 3.63) is 38.6 Å². The molecule has 0 aliphatic heterocycles. The maximum absolute atomic E-state index is 9.75. The van der Waals surface area contributed by atoms with Gasteiger partial charge < -0.3 is 22.0 Å². The quantitative estimate of drug-likeness (QED) is 0.442. The first kappa shape index (κ1) is 16.0. The summed E-state index contributed by atoms with van der Waals surface area (Å²) in [5.74, 6) is 0.725. The van der Waals surface area contributed by atoms with Gasteiger partial charge in [0.1, 0.15) is 0 Å². The molecular formula is C9H10BBrF4O2. The number of rotatable bonds is 1. The molecule has 0 aliphatic carbocycles. The van der Waals surface area contributed by atoms with Gasteiger partial charge in [0.05, 0.1) is 7.11 Å². The van der Waals surface area contributed by atoms with Crippen molar-refractivity contribution in [3.63, 3.8) is 0 Å². The number of hydrogen-bond donors (Lipinski definition) is 0. The van der Waals surface area contributed by atoms with Gasteiger partial charge in [-0.05, 0) is 18.2 Å². The van der Waals surface area contributed by atoms with Crippen molar-refractivity contribution in [2.24, 2.45) is 0 Å². The van der Waals surface area contributed by atoms with E-state index in [0.717, 1.165) is 15.7 Å². The lowest BCUT2D eigenvalue weighted by Crippen LogP contribution is -2.02. The second-order valence-corrected chi connectivity index (χ2v) is 3.60. The summed E-state index contributed by atoms with van der Waals surface area (Å²) in [7, 11) is -2.77. The van der Waals surface area contributed by atoms with E-state index < -0.39 is 7.25 Å². The molecular weight excluding hydrogens is 307 g/mol. The minimum atomic E-state index is -6.00. The Balaban J connectivity index is 0.000000437. The predicted molar refractivity (Wildman–Crippen MR) is 63.1 cm³/mol. The summed E-state index contributed by atoms with van der Waals surface area (Å²) in [5.41, 5.74) is 0.725. The van der Waals surface area contributed by atoms with Gasteiger partial charge >= 0.3 is 12.7 Å². The molecule has 0 spiro atoms. The first-order valence-corrected chi connectivity index (χ1v) is 5.15. The van der Waals surface area contributed by atoms with Gasteiger partial charge in [0, 0.05) is 10.5 Å². The van der Waals surface area contributed by atoms with Gasteiger partial charge in [-0.3, -0.25) is 4.42 Å². The Kier molecular flexibility index (Phi) is 6.86. The van der Waals surface area contributed by atoms with Crippen molar-refractivity contribution >= 4 is 23.2 Å². The van der Waals surface area contributed by atoms with E-state index in [2.05, 4.69) is 15.9 Å². The van der Waals surface area contributed by atoms with Crippen molar-refractivity contribution < 1.29 is 22.0 Å². The molecule has 0 bridgehead atoms. The molecule has 17 heavy (non-hydrogen) atoms. The van der Waals surface area contributed by atoms with Crippen LogP contribution in [0.3, 0.4) is 0 Å². The Bertz CT molecular complexity index is 417. The summed E-state index contributed by atoms with van der Waals surface area (Å²) in [6.07, 6.45) is 0. The molecule has 0 unspecified atom stereocenters. The lowest BCUT2D eigenvalue weighted by atomic mass is 10.3. The van der Waals surface area contributed by atoms with E-state index in [-0.39, 0.29) is 0 Å². The fourth-order valence-electron chi connectivity index (χ4n) is 0.868. The average Bonchev–Trinajstić information content (AvgIpc) is 2.37. The Morgan fingerprint density at radius 1 is 1.12 bits per heavy atom. The van der Waals surface area contributed by atoms with Crippen molar-refractivity contribution in [1.82, 2.24) is 0 Å². The Morgan fingerprint density at radius 3 is 2.00 bits per heavy atom. The summed E-state index contributed by atoms with van der Waals surface area (Å²) in [6, 6.07) is 7.51. The molecule has 0 fully saturated rings. The van der Waals surface area contributed by atoms with E-state index in [9.17, 15) is 17.3 Å². The lowest BCUT2D eigenvalue weighted by Gasteiger charge is -1.94. The van der Waals surface area contributed by atoms with Gasteiger partial charge in [0.15, 0.2) is 0 Å². The normalized spacial score (nSPS) is 11.6. The molecule has 1 aromatic carbocycles. The van der Waals surface area contributed by atoms with Crippen LogP contribution in [0.25, 0.3) is 0 Å². The van der Waals surface area contributed by atoms with Gasteiger partial charge in [-0.25, -0.2) is 0 Å². The smallest absolute Gasteiger partial charge is 0.488 e. The highest BCUT2D eigenvalue weighted by Crippen LogP contribution is 2.08. The molecule has 0 heterocycles. The zero-order chi connectivity index (χ0) is 13.5. The standard InChI is InChI=1S/C9H10BrO2.BF4/c1-11-8-5-3-7(10)4-6-9(8)12-2;2-1(3,4)5/h3-6H,1-2H3;/q+1;-1. The van der Waals surface area contributed by atoms with E-state index >= 15 is 0 Å². The van der Waals surface area contributed by atoms with Crippen LogP contribution in [-0.4, -0.2) is 21.5 Å². The van der Waals surface area contributed by atoms with Crippen LogP contribution >= 0.6 is 15.9 Å². The summed E-state index contributed by atoms with van der Waals surface area (Å²) in [4.78, 5) is 0. The Morgan fingerprint density at radius 2 is 1.59 bits per heavy atom. The van der Waals surface area contributed by atoms with Crippen molar-refractivity contribution in [2.75, 3.05) is 14.2 Å². The second-order valence-electron chi connectivity index (χ2n) is 2.68. The Hall–Kier alpha value is -1.05. The van der Waals surface area contributed by atoms with Crippen molar-refractivity contribution in [1.29, 1.82) is 0 Å². The van der Waals surface area contributed by atoms with Crippen LogP contribution in [0.5, 0.6) is 5.75 Å². The van der Waals surface area contributed by atoms with Crippen molar-refractivity contribution in [3.8, 4) is 5.75 Å². The van der Waals surface area contributed by atoms with Crippen LogP contribution in [0.2, 0.25) is 0 Å². The summed E-state index contributed by atoms with van der Waals surface area (Å²) >= 11 is 3.36. The molecule has 0 N–H and O–H groups in total. The SMILES string of the molecule is COc1ccc(Br)ccc1=[O+]C.F[B-](F)(F)F. The number of methoxy groups -OCH3 is 1. The Labute approximate surface area is 104 Å². The summed E-state index contributed by atoms with van der Waals surface area (Å²) < 4.78 is 50.2. The van der Waals surface area contributed by atoms with Gasteiger partial charge in [0.2, 0.25) is 5.75 Å². The molecule has 2 nitrogen and oxygen atoms in total. The molecule has 0 radical (unpaired) electrons. The molecule has 0 amide bonds. The van der Waals surface area contributed by atoms with Crippen LogP contribution in [-0.2, 0) is 0 Å². The number of halogens is 5. The summed E-state index contributed by atoms with van der Waals surface area (Å²) in [5, 5.41) is 0. The number of ether oxygens (including phenoxy) is 1. The highest BCUT2D eigenvalue weighted by atomic mass is 79.9. The fraction of sp³-hybridized carbons (Fsp3) is 0.222. The molecule has 8 heteroatoms. The molecule has 0 aromatic heterocycles. The van der Waals surface area contributed by atoms with E-state index in [4.69, 9.17) is 9.16 Å². The third-order valence-corrected chi connectivity index (χ3v) is 2.00. The molecule has 0 saturated carbocycles. The zero-order valence-corrected chi connectivity index (χ0v) is 10.7. The van der Waals surface area contributed by atoms with E-state index in [1.165, 1.54) is 0 Å². The lowest BCUT2D eigenvalue weighted by molar-refractivity contribution is 0.368. The van der Waals surface area contributed by atoms with Crippen LogP contribution < -0.4 is 10.2 Å². The van der Waals surface area contributed by atoms with E-state index in [1.807, 2.05) is 24.3 Å². The largest absolute Gasteiger partial charge is 0.673 e. The topological polar surface area (TPSA) is 20.5 Å². The fourth-order valence-corrected chi connectivity index (χ4v) is 1.13. The predicted octanol–water partition coefficient (Wildman–Crippen LogP) is 3.28. The molecule has 96 valence electrons. The first-order valence-electron chi connectivity index (χ1n) is 4.36. The van der Waals surface area contributed by atoms with Crippen molar-refractivity contribution in [2.45, 2.75) is 0 Å². The minimum absolute atomic E-state index is 0.725. The van der Waals surface area contributed by atoms with E-state index in [1.54, 1.807) is 14.2 Å². The van der Waals surface area contributed by atoms with Gasteiger partial charge in [0.25, 0.3) is 7.11 Å². The third kappa shape index (κ3) is 8.73. The maximum atomic E-state index is 9.75.